The summed E-state index contributed by atoms with van der Waals surface area (Å²) >= 11 is 0. The van der Waals surface area contributed by atoms with Crippen molar-refractivity contribution < 1.29 is 24.1 Å². The first-order valence-corrected chi connectivity index (χ1v) is 9.78. The number of hydrogen-bond acceptors (Lipinski definition) is 6. The smallest absolute Gasteiger partial charge is 0.271 e. The predicted molar refractivity (Wildman–Crippen MR) is 122 cm³/mol. The number of nitrogens with zero attached hydrogens (tertiary/aromatic N) is 1. The van der Waals surface area contributed by atoms with E-state index in [-0.39, 0.29) is 22.7 Å². The molecule has 0 saturated carbocycles. The number of ketones is 2. The van der Waals surface area contributed by atoms with E-state index in [1.54, 1.807) is 24.3 Å². The van der Waals surface area contributed by atoms with Gasteiger partial charge in [-0.1, -0.05) is 0 Å². The molecular weight excluding hydrogens is 426 g/mol. The Morgan fingerprint density at radius 1 is 0.636 bits per heavy atom. The lowest BCUT2D eigenvalue weighted by Gasteiger charge is -2.09. The van der Waals surface area contributed by atoms with Gasteiger partial charge in [-0.3, -0.25) is 29.3 Å². The second kappa shape index (κ2) is 9.65. The molecule has 0 aromatic heterocycles. The van der Waals surface area contributed by atoms with Crippen molar-refractivity contribution in [2.24, 2.45) is 0 Å². The van der Waals surface area contributed by atoms with E-state index in [1.165, 1.54) is 44.2 Å². The van der Waals surface area contributed by atoms with Crippen LogP contribution in [0.1, 0.15) is 55.3 Å². The average molecular weight is 445 g/mol. The van der Waals surface area contributed by atoms with Crippen LogP contribution < -0.4 is 10.6 Å². The maximum Gasteiger partial charge on any atom is 0.271 e. The third kappa shape index (κ3) is 5.73. The Morgan fingerprint density at radius 3 is 1.30 bits per heavy atom. The third-order valence-corrected chi connectivity index (χ3v) is 4.75. The molecule has 0 saturated heterocycles. The first-order valence-electron chi connectivity index (χ1n) is 9.78. The number of carbonyl (C=O) groups is 4. The summed E-state index contributed by atoms with van der Waals surface area (Å²) in [5, 5.41) is 16.5. The van der Waals surface area contributed by atoms with Crippen molar-refractivity contribution in [2.75, 3.05) is 10.6 Å². The maximum absolute atomic E-state index is 12.7. The Bertz CT molecular complexity index is 1170. The number of carbonyl (C=O) groups excluding carboxylic acids is 4. The second-order valence-corrected chi connectivity index (χ2v) is 7.20. The summed E-state index contributed by atoms with van der Waals surface area (Å²) in [6, 6.07) is 15.7. The predicted octanol–water partition coefficient (Wildman–Crippen LogP) is 4.50. The molecule has 0 bridgehead atoms. The van der Waals surface area contributed by atoms with E-state index in [4.69, 9.17) is 0 Å². The summed E-state index contributed by atoms with van der Waals surface area (Å²) < 4.78 is 0. The van der Waals surface area contributed by atoms with Crippen molar-refractivity contribution in [3.8, 4) is 0 Å². The largest absolute Gasteiger partial charge is 0.322 e. The highest BCUT2D eigenvalue weighted by Gasteiger charge is 2.18. The summed E-state index contributed by atoms with van der Waals surface area (Å²) in [6.07, 6.45) is 0. The highest BCUT2D eigenvalue weighted by molar-refractivity contribution is 6.09. The lowest BCUT2D eigenvalue weighted by atomic mass is 10.1. The molecule has 9 nitrogen and oxygen atoms in total. The Labute approximate surface area is 188 Å². The van der Waals surface area contributed by atoms with Crippen LogP contribution in [-0.2, 0) is 0 Å². The van der Waals surface area contributed by atoms with Gasteiger partial charge in [-0.2, -0.15) is 0 Å². The molecule has 2 amide bonds. The number of amides is 2. The number of anilines is 2. The van der Waals surface area contributed by atoms with Crippen LogP contribution in [0.2, 0.25) is 0 Å². The molecule has 3 aromatic rings. The lowest BCUT2D eigenvalue weighted by molar-refractivity contribution is -0.384. The van der Waals surface area contributed by atoms with Crippen molar-refractivity contribution in [1.29, 1.82) is 0 Å². The van der Waals surface area contributed by atoms with E-state index < -0.39 is 22.4 Å². The fourth-order valence-electron chi connectivity index (χ4n) is 2.96. The van der Waals surface area contributed by atoms with Gasteiger partial charge in [-0.05, 0) is 68.4 Å². The fourth-order valence-corrected chi connectivity index (χ4v) is 2.96. The fraction of sp³-hybridized carbons (Fsp3) is 0.0833. The minimum atomic E-state index is -0.698. The number of non-ortho nitro benzene ring substituents is 1. The van der Waals surface area contributed by atoms with E-state index in [0.717, 1.165) is 12.1 Å². The topological polar surface area (TPSA) is 135 Å². The number of nitro benzene ring substituents is 1. The van der Waals surface area contributed by atoms with E-state index in [9.17, 15) is 29.3 Å². The van der Waals surface area contributed by atoms with E-state index >= 15 is 0 Å². The number of hydrogen-bond donors (Lipinski definition) is 2. The molecule has 0 aliphatic carbocycles. The minimum absolute atomic E-state index is 0.0862. The molecule has 3 aromatic carbocycles. The second-order valence-electron chi connectivity index (χ2n) is 7.20. The Balaban J connectivity index is 1.84. The molecule has 0 heterocycles. The van der Waals surface area contributed by atoms with Crippen LogP contribution in [0.15, 0.2) is 66.7 Å². The summed E-state index contributed by atoms with van der Waals surface area (Å²) in [7, 11) is 0. The Morgan fingerprint density at radius 2 is 1.00 bits per heavy atom. The van der Waals surface area contributed by atoms with E-state index in [0.29, 0.717) is 22.5 Å². The lowest BCUT2D eigenvalue weighted by Crippen LogP contribution is -2.16. The molecule has 2 N–H and O–H groups in total. The van der Waals surface area contributed by atoms with Crippen molar-refractivity contribution in [2.45, 2.75) is 13.8 Å². The standard InChI is InChI=1S/C24H19N3O6/c1-14(28)16-3-7-20(8-4-16)25-23(30)18-11-19(13-22(12-18)27(32)33)24(31)26-21-9-5-17(6-10-21)15(2)29/h3-13H,1-2H3,(H,25,30)(H,26,31). The van der Waals surface area contributed by atoms with E-state index in [2.05, 4.69) is 10.6 Å². The van der Waals surface area contributed by atoms with Crippen LogP contribution >= 0.6 is 0 Å². The third-order valence-electron chi connectivity index (χ3n) is 4.75. The minimum Gasteiger partial charge on any atom is -0.322 e. The number of nitro groups is 1. The van der Waals surface area contributed by atoms with Crippen LogP contribution in [0.4, 0.5) is 17.1 Å². The Kier molecular flexibility index (Phi) is 6.73. The number of nitrogens with one attached hydrogen (secondary N) is 2. The molecule has 166 valence electrons. The molecule has 0 atom stereocenters. The van der Waals surface area contributed by atoms with Crippen LogP contribution in [0.3, 0.4) is 0 Å². The van der Waals surface area contributed by atoms with Crippen LogP contribution in [0, 0.1) is 10.1 Å². The first-order chi connectivity index (χ1) is 15.6. The number of Topliss-reactive ketones (excluding diaryl/α,β-unsaturated/α-hetero) is 2. The van der Waals surface area contributed by atoms with Crippen LogP contribution in [0.25, 0.3) is 0 Å². The maximum atomic E-state index is 12.7. The van der Waals surface area contributed by atoms with Crippen molar-refractivity contribution in [1.82, 2.24) is 0 Å². The summed E-state index contributed by atoms with van der Waals surface area (Å²) in [6.45, 7) is 2.84. The number of rotatable bonds is 7. The average Bonchev–Trinajstić information content (AvgIpc) is 2.79. The molecule has 0 aliphatic heterocycles. The van der Waals surface area contributed by atoms with Gasteiger partial charge in [-0.15, -0.1) is 0 Å². The zero-order valence-electron chi connectivity index (χ0n) is 17.7. The normalized spacial score (nSPS) is 10.2. The van der Waals surface area contributed by atoms with Crippen molar-refractivity contribution in [3.63, 3.8) is 0 Å². The zero-order valence-corrected chi connectivity index (χ0v) is 17.7. The van der Waals surface area contributed by atoms with Crippen molar-refractivity contribution >= 4 is 40.4 Å². The van der Waals surface area contributed by atoms with Gasteiger partial charge in [0.2, 0.25) is 0 Å². The van der Waals surface area contributed by atoms with E-state index in [1.807, 2.05) is 0 Å². The van der Waals surface area contributed by atoms with Gasteiger partial charge in [0.05, 0.1) is 4.92 Å². The number of benzene rings is 3. The van der Waals surface area contributed by atoms with Gasteiger partial charge in [-0.25, -0.2) is 0 Å². The van der Waals surface area contributed by atoms with Gasteiger partial charge in [0.1, 0.15) is 0 Å². The molecule has 3 rings (SSSR count). The van der Waals surface area contributed by atoms with Gasteiger partial charge in [0, 0.05) is 45.8 Å². The molecule has 9 heteroatoms. The zero-order chi connectivity index (χ0) is 24.1. The first kappa shape index (κ1) is 23.0. The molecular formula is C24H19N3O6. The summed E-state index contributed by atoms with van der Waals surface area (Å²) in [5.41, 5.74) is 1.11. The molecule has 0 radical (unpaired) electrons. The van der Waals surface area contributed by atoms with Gasteiger partial charge >= 0.3 is 0 Å². The highest BCUT2D eigenvalue weighted by atomic mass is 16.6. The summed E-state index contributed by atoms with van der Waals surface area (Å²) in [4.78, 5) is 58.8. The van der Waals surface area contributed by atoms with Gasteiger partial charge < -0.3 is 10.6 Å². The SMILES string of the molecule is CC(=O)c1ccc(NC(=O)c2cc(C(=O)Nc3ccc(C(C)=O)cc3)cc([N+](=O)[O-])c2)cc1. The monoisotopic (exact) mass is 445 g/mol. The highest BCUT2D eigenvalue weighted by Crippen LogP contribution is 2.21. The molecule has 0 spiro atoms. The van der Waals surface area contributed by atoms with Crippen molar-refractivity contribution in [3.05, 3.63) is 99.1 Å². The van der Waals surface area contributed by atoms with Gasteiger partial charge in [0.15, 0.2) is 11.6 Å². The molecule has 0 aliphatic rings. The summed E-state index contributed by atoms with van der Waals surface area (Å²) in [5.74, 6) is -1.57. The van der Waals surface area contributed by atoms with Gasteiger partial charge in [0.25, 0.3) is 17.5 Å². The quantitative estimate of drug-likeness (QED) is 0.312. The molecule has 0 fully saturated rings. The van der Waals surface area contributed by atoms with Crippen LogP contribution in [-0.4, -0.2) is 28.3 Å². The van der Waals surface area contributed by atoms with Crippen LogP contribution in [0.5, 0.6) is 0 Å². The molecule has 33 heavy (non-hydrogen) atoms. The Hall–Kier alpha value is -4.66. The molecule has 0 unspecified atom stereocenters.